The van der Waals surface area contributed by atoms with Crippen LogP contribution in [0.2, 0.25) is 0 Å². The number of hydrogen-bond acceptors (Lipinski definition) is 2. The van der Waals surface area contributed by atoms with Crippen LogP contribution in [0.1, 0.15) is 30.4 Å². The zero-order valence-electron chi connectivity index (χ0n) is 11.6. The summed E-state index contributed by atoms with van der Waals surface area (Å²) in [6.45, 7) is 5.73. The van der Waals surface area contributed by atoms with Crippen LogP contribution < -0.4 is 5.32 Å². The molecule has 0 radical (unpaired) electrons. The number of carbonyl (C=O) groups is 1. The Hall–Kier alpha value is -1.35. The second kappa shape index (κ2) is 4.97. The molecule has 3 nitrogen and oxygen atoms in total. The van der Waals surface area contributed by atoms with Gasteiger partial charge in [0, 0.05) is 19.6 Å². The maximum absolute atomic E-state index is 12.7. The van der Waals surface area contributed by atoms with Crippen LogP contribution in [0.15, 0.2) is 24.3 Å². The smallest absolute Gasteiger partial charge is 0.230 e. The van der Waals surface area contributed by atoms with Crippen LogP contribution in [0.4, 0.5) is 0 Å². The minimum atomic E-state index is -0.0963. The molecule has 0 aliphatic carbocycles. The van der Waals surface area contributed by atoms with Crippen molar-refractivity contribution in [3.63, 3.8) is 0 Å². The second-order valence-corrected chi connectivity index (χ2v) is 5.96. The summed E-state index contributed by atoms with van der Waals surface area (Å²) < 4.78 is 0. The van der Waals surface area contributed by atoms with Gasteiger partial charge in [0.25, 0.3) is 0 Å². The van der Waals surface area contributed by atoms with Crippen LogP contribution in [0, 0.1) is 12.3 Å². The lowest BCUT2D eigenvalue weighted by atomic mass is 9.79. The molecule has 1 unspecified atom stereocenters. The molecule has 1 aromatic carbocycles. The normalized spacial score (nSPS) is 27.2. The number of carbonyl (C=O) groups excluding carboxylic acids is 1. The largest absolute Gasteiger partial charge is 0.338 e. The summed E-state index contributed by atoms with van der Waals surface area (Å²) in [5.74, 6) is 0.364. The Balaban J connectivity index is 1.74. The Kier molecular flexibility index (Phi) is 3.31. The van der Waals surface area contributed by atoms with Crippen molar-refractivity contribution in [2.24, 2.45) is 5.41 Å². The number of nitrogens with zero attached hydrogens (tertiary/aromatic N) is 1. The summed E-state index contributed by atoms with van der Waals surface area (Å²) in [5.41, 5.74) is 2.45. The molecule has 2 fully saturated rings. The number of hydrogen-bond donors (Lipinski definition) is 1. The summed E-state index contributed by atoms with van der Waals surface area (Å²) in [6, 6.07) is 8.36. The zero-order chi connectivity index (χ0) is 13.3. The summed E-state index contributed by atoms with van der Waals surface area (Å²) in [7, 11) is 0. The Morgan fingerprint density at radius 3 is 2.89 bits per heavy atom. The fraction of sp³-hybridized carbons (Fsp3) is 0.562. The van der Waals surface area contributed by atoms with Crippen molar-refractivity contribution in [2.45, 2.75) is 32.7 Å². The molecule has 1 atom stereocenters. The molecule has 2 aliphatic rings. The summed E-state index contributed by atoms with van der Waals surface area (Å²) in [4.78, 5) is 14.7. The molecule has 0 aromatic heterocycles. The van der Waals surface area contributed by atoms with Crippen LogP contribution in [0.25, 0.3) is 0 Å². The molecular formula is C16H22N2O. The first-order valence-corrected chi connectivity index (χ1v) is 7.26. The highest BCUT2D eigenvalue weighted by molar-refractivity contribution is 5.85. The Bertz CT molecular complexity index is 477. The number of likely N-dealkylation sites (tertiary alicyclic amines) is 1. The average molecular weight is 258 g/mol. The molecule has 3 rings (SSSR count). The molecule has 1 spiro atoms. The van der Waals surface area contributed by atoms with Crippen LogP contribution >= 0.6 is 0 Å². The average Bonchev–Trinajstić information content (AvgIpc) is 2.72. The molecule has 0 saturated carbocycles. The lowest BCUT2D eigenvalue weighted by Gasteiger charge is -2.32. The van der Waals surface area contributed by atoms with Crippen LogP contribution in [-0.4, -0.2) is 30.4 Å². The predicted molar refractivity (Wildman–Crippen MR) is 75.7 cm³/mol. The molecule has 2 heterocycles. The van der Waals surface area contributed by atoms with Gasteiger partial charge in [-0.05, 0) is 43.9 Å². The highest BCUT2D eigenvalue weighted by Gasteiger charge is 2.46. The highest BCUT2D eigenvalue weighted by atomic mass is 16.2. The van der Waals surface area contributed by atoms with E-state index in [1.54, 1.807) is 0 Å². The van der Waals surface area contributed by atoms with Crippen molar-refractivity contribution in [3.05, 3.63) is 35.4 Å². The Morgan fingerprint density at radius 2 is 2.16 bits per heavy atom. The van der Waals surface area contributed by atoms with Crippen molar-refractivity contribution in [2.75, 3.05) is 19.6 Å². The van der Waals surface area contributed by atoms with Crippen molar-refractivity contribution in [1.29, 1.82) is 0 Å². The number of benzene rings is 1. The maximum Gasteiger partial charge on any atom is 0.230 e. The van der Waals surface area contributed by atoms with Gasteiger partial charge in [-0.2, -0.15) is 0 Å². The maximum atomic E-state index is 12.7. The first kappa shape index (κ1) is 12.7. The molecule has 0 bridgehead atoms. The van der Waals surface area contributed by atoms with E-state index < -0.39 is 0 Å². The highest BCUT2D eigenvalue weighted by Crippen LogP contribution is 2.38. The molecule has 1 amide bonds. The van der Waals surface area contributed by atoms with Gasteiger partial charge < -0.3 is 10.2 Å². The van der Waals surface area contributed by atoms with Crippen molar-refractivity contribution in [3.8, 4) is 0 Å². The van der Waals surface area contributed by atoms with Crippen LogP contribution in [0.3, 0.4) is 0 Å². The lowest BCUT2D eigenvalue weighted by molar-refractivity contribution is -0.137. The summed E-state index contributed by atoms with van der Waals surface area (Å²) in [6.07, 6.45) is 3.21. The van der Waals surface area contributed by atoms with Crippen molar-refractivity contribution < 1.29 is 4.79 Å². The van der Waals surface area contributed by atoms with E-state index in [4.69, 9.17) is 0 Å². The summed E-state index contributed by atoms with van der Waals surface area (Å²) >= 11 is 0. The fourth-order valence-corrected chi connectivity index (χ4v) is 3.40. The van der Waals surface area contributed by atoms with Gasteiger partial charge in [-0.15, -0.1) is 0 Å². The van der Waals surface area contributed by atoms with E-state index in [1.165, 1.54) is 11.1 Å². The molecule has 19 heavy (non-hydrogen) atoms. The Labute approximate surface area is 115 Å². The van der Waals surface area contributed by atoms with Gasteiger partial charge in [0.2, 0.25) is 5.91 Å². The van der Waals surface area contributed by atoms with E-state index in [-0.39, 0.29) is 5.41 Å². The van der Waals surface area contributed by atoms with Gasteiger partial charge in [-0.25, -0.2) is 0 Å². The van der Waals surface area contributed by atoms with Gasteiger partial charge in [0.15, 0.2) is 0 Å². The van der Waals surface area contributed by atoms with Crippen molar-refractivity contribution >= 4 is 5.91 Å². The molecular weight excluding hydrogens is 236 g/mol. The number of amides is 1. The quantitative estimate of drug-likeness (QED) is 0.881. The molecule has 2 aliphatic heterocycles. The van der Waals surface area contributed by atoms with E-state index in [9.17, 15) is 4.79 Å². The van der Waals surface area contributed by atoms with E-state index >= 15 is 0 Å². The first-order valence-electron chi connectivity index (χ1n) is 7.26. The zero-order valence-corrected chi connectivity index (χ0v) is 11.6. The number of nitrogens with one attached hydrogen (secondary N) is 1. The minimum absolute atomic E-state index is 0.0963. The van der Waals surface area contributed by atoms with E-state index in [0.29, 0.717) is 5.91 Å². The minimum Gasteiger partial charge on any atom is -0.338 e. The van der Waals surface area contributed by atoms with E-state index in [0.717, 1.165) is 45.4 Å². The SMILES string of the molecule is Cc1ccccc1CN1CCC2(CCCNC2)C1=O. The van der Waals surface area contributed by atoms with E-state index in [1.807, 2.05) is 0 Å². The Morgan fingerprint density at radius 1 is 1.32 bits per heavy atom. The molecule has 2 saturated heterocycles. The monoisotopic (exact) mass is 258 g/mol. The third-order valence-electron chi connectivity index (χ3n) is 4.70. The third kappa shape index (κ3) is 2.27. The lowest BCUT2D eigenvalue weighted by Crippen LogP contribution is -2.45. The van der Waals surface area contributed by atoms with Gasteiger partial charge in [0.1, 0.15) is 0 Å². The number of aryl methyl sites for hydroxylation is 1. The van der Waals surface area contributed by atoms with E-state index in [2.05, 4.69) is 41.4 Å². The van der Waals surface area contributed by atoms with Gasteiger partial charge in [0.05, 0.1) is 5.41 Å². The summed E-state index contributed by atoms with van der Waals surface area (Å²) in [5, 5.41) is 3.40. The van der Waals surface area contributed by atoms with Gasteiger partial charge >= 0.3 is 0 Å². The molecule has 3 heteroatoms. The fourth-order valence-electron chi connectivity index (χ4n) is 3.40. The number of piperidine rings is 1. The van der Waals surface area contributed by atoms with Crippen LogP contribution in [0.5, 0.6) is 0 Å². The molecule has 1 N–H and O–H groups in total. The topological polar surface area (TPSA) is 32.3 Å². The number of rotatable bonds is 2. The third-order valence-corrected chi connectivity index (χ3v) is 4.70. The standard InChI is InChI=1S/C16H22N2O/c1-13-5-2-3-6-14(13)11-18-10-8-16(15(18)19)7-4-9-17-12-16/h2-3,5-6,17H,4,7-12H2,1H3. The van der Waals surface area contributed by atoms with Crippen molar-refractivity contribution in [1.82, 2.24) is 10.2 Å². The first-order chi connectivity index (χ1) is 9.21. The van der Waals surface area contributed by atoms with Gasteiger partial charge in [-0.1, -0.05) is 24.3 Å². The van der Waals surface area contributed by atoms with Crippen LogP contribution in [-0.2, 0) is 11.3 Å². The second-order valence-electron chi connectivity index (χ2n) is 5.96. The predicted octanol–water partition coefficient (Wildman–Crippen LogP) is 2.10. The van der Waals surface area contributed by atoms with Gasteiger partial charge in [-0.3, -0.25) is 4.79 Å². The molecule has 102 valence electrons. The molecule has 1 aromatic rings.